The van der Waals surface area contributed by atoms with Crippen LogP contribution in [0.3, 0.4) is 0 Å². The van der Waals surface area contributed by atoms with Crippen LogP contribution < -0.4 is 10.2 Å². The number of nitrogens with zero attached hydrogens (tertiary/aromatic N) is 1. The van der Waals surface area contributed by atoms with E-state index in [9.17, 15) is 0 Å². The van der Waals surface area contributed by atoms with Crippen molar-refractivity contribution in [1.29, 1.82) is 0 Å². The summed E-state index contributed by atoms with van der Waals surface area (Å²) in [6.07, 6.45) is 3.94. The highest BCUT2D eigenvalue weighted by atomic mass is 35.5. The molecule has 0 aromatic heterocycles. The number of anilines is 1. The first-order chi connectivity index (χ1) is 9.24. The van der Waals surface area contributed by atoms with E-state index in [4.69, 9.17) is 11.6 Å². The number of benzene rings is 1. The van der Waals surface area contributed by atoms with Gasteiger partial charge < -0.3 is 10.2 Å². The lowest BCUT2D eigenvalue weighted by Crippen LogP contribution is -2.33. The van der Waals surface area contributed by atoms with Crippen molar-refractivity contribution in [2.75, 3.05) is 24.5 Å². The number of piperidine rings is 1. The van der Waals surface area contributed by atoms with Crippen molar-refractivity contribution in [2.45, 2.75) is 39.7 Å². The third-order valence-electron chi connectivity index (χ3n) is 4.16. The molecule has 1 aliphatic rings. The molecule has 0 amide bonds. The van der Waals surface area contributed by atoms with Crippen molar-refractivity contribution in [3.8, 4) is 0 Å². The van der Waals surface area contributed by atoms with Gasteiger partial charge in [-0.05, 0) is 43.0 Å². The topological polar surface area (TPSA) is 15.3 Å². The highest BCUT2D eigenvalue weighted by molar-refractivity contribution is 6.31. The van der Waals surface area contributed by atoms with Crippen LogP contribution in [0.25, 0.3) is 0 Å². The van der Waals surface area contributed by atoms with E-state index < -0.39 is 0 Å². The van der Waals surface area contributed by atoms with Crippen molar-refractivity contribution in [1.82, 2.24) is 5.32 Å². The van der Waals surface area contributed by atoms with Crippen LogP contribution in [0.2, 0.25) is 5.02 Å². The Hall–Kier alpha value is -0.730. The molecule has 0 bridgehead atoms. The summed E-state index contributed by atoms with van der Waals surface area (Å²) in [5.74, 6) is 0.916. The Morgan fingerprint density at radius 1 is 1.26 bits per heavy atom. The number of nitrogens with one attached hydrogen (secondary N) is 1. The molecule has 106 valence electrons. The summed E-state index contributed by atoms with van der Waals surface area (Å²) in [5.41, 5.74) is 2.47. The molecule has 0 unspecified atom stereocenters. The van der Waals surface area contributed by atoms with Crippen LogP contribution in [0, 0.1) is 5.92 Å². The molecule has 19 heavy (non-hydrogen) atoms. The highest BCUT2D eigenvalue weighted by Crippen LogP contribution is 2.28. The Morgan fingerprint density at radius 3 is 2.58 bits per heavy atom. The first-order valence-electron chi connectivity index (χ1n) is 7.48. The molecule has 1 aliphatic heterocycles. The van der Waals surface area contributed by atoms with Crippen molar-refractivity contribution in [3.63, 3.8) is 0 Å². The van der Waals surface area contributed by atoms with Crippen molar-refractivity contribution in [3.05, 3.63) is 28.8 Å². The van der Waals surface area contributed by atoms with E-state index in [2.05, 4.69) is 42.3 Å². The average Bonchev–Trinajstić information content (AvgIpc) is 2.46. The fourth-order valence-electron chi connectivity index (χ4n) is 2.74. The van der Waals surface area contributed by atoms with Crippen LogP contribution >= 0.6 is 11.6 Å². The summed E-state index contributed by atoms with van der Waals surface area (Å²) in [6, 6.07) is 6.50. The zero-order valence-corrected chi connectivity index (χ0v) is 12.8. The molecule has 0 atom stereocenters. The van der Waals surface area contributed by atoms with Crippen molar-refractivity contribution in [2.24, 2.45) is 5.92 Å². The summed E-state index contributed by atoms with van der Waals surface area (Å²) in [4.78, 5) is 2.47. The average molecular weight is 281 g/mol. The molecule has 1 aromatic rings. The van der Waals surface area contributed by atoms with E-state index in [1.807, 2.05) is 0 Å². The van der Waals surface area contributed by atoms with E-state index in [0.29, 0.717) is 0 Å². The lowest BCUT2D eigenvalue weighted by Gasteiger charge is -2.33. The summed E-state index contributed by atoms with van der Waals surface area (Å²) in [7, 11) is 0. The molecular weight excluding hydrogens is 256 g/mol. The van der Waals surface area contributed by atoms with Gasteiger partial charge in [0.25, 0.3) is 0 Å². The third kappa shape index (κ3) is 3.87. The standard InChI is InChI=1S/C16H25ClN2/c1-3-13-7-9-19(10-8-13)15-6-5-14(12-18-4-2)16(17)11-15/h5-6,11,13,18H,3-4,7-10,12H2,1-2H3. The fourth-order valence-corrected chi connectivity index (χ4v) is 2.98. The van der Waals surface area contributed by atoms with E-state index >= 15 is 0 Å². The number of hydrogen-bond acceptors (Lipinski definition) is 2. The monoisotopic (exact) mass is 280 g/mol. The zero-order valence-electron chi connectivity index (χ0n) is 12.1. The van der Waals surface area contributed by atoms with Gasteiger partial charge in [0.15, 0.2) is 0 Å². The normalized spacial score (nSPS) is 16.9. The molecule has 1 aromatic carbocycles. The van der Waals surface area contributed by atoms with E-state index in [1.54, 1.807) is 0 Å². The van der Waals surface area contributed by atoms with Gasteiger partial charge in [-0.3, -0.25) is 0 Å². The summed E-state index contributed by atoms with van der Waals surface area (Å²) < 4.78 is 0. The van der Waals surface area contributed by atoms with E-state index in [1.165, 1.54) is 43.6 Å². The second-order valence-electron chi connectivity index (χ2n) is 5.39. The molecule has 0 radical (unpaired) electrons. The summed E-state index contributed by atoms with van der Waals surface area (Å²) in [5, 5.41) is 4.20. The van der Waals surface area contributed by atoms with Crippen molar-refractivity contribution < 1.29 is 0 Å². The zero-order chi connectivity index (χ0) is 13.7. The summed E-state index contributed by atoms with van der Waals surface area (Å²) >= 11 is 6.37. The van der Waals surface area contributed by atoms with Crippen LogP contribution in [-0.4, -0.2) is 19.6 Å². The third-order valence-corrected chi connectivity index (χ3v) is 4.51. The maximum Gasteiger partial charge on any atom is 0.0471 e. The van der Waals surface area contributed by atoms with Crippen molar-refractivity contribution >= 4 is 17.3 Å². The molecule has 0 saturated carbocycles. The molecule has 1 N–H and O–H groups in total. The maximum absolute atomic E-state index is 6.37. The molecule has 0 spiro atoms. The first kappa shape index (κ1) is 14.7. The maximum atomic E-state index is 6.37. The first-order valence-corrected chi connectivity index (χ1v) is 7.86. The van der Waals surface area contributed by atoms with Gasteiger partial charge in [-0.25, -0.2) is 0 Å². The smallest absolute Gasteiger partial charge is 0.0471 e. The van der Waals surface area contributed by atoms with Crippen LogP contribution in [0.15, 0.2) is 18.2 Å². The Labute approximate surface area is 122 Å². The minimum Gasteiger partial charge on any atom is -0.371 e. The van der Waals surface area contributed by atoms with Gasteiger partial charge in [0.05, 0.1) is 0 Å². The van der Waals surface area contributed by atoms with E-state index in [-0.39, 0.29) is 0 Å². The van der Waals surface area contributed by atoms with Gasteiger partial charge in [-0.1, -0.05) is 37.9 Å². The molecule has 1 fully saturated rings. The molecule has 1 heterocycles. The van der Waals surface area contributed by atoms with Gasteiger partial charge in [0.1, 0.15) is 0 Å². The number of hydrogen-bond donors (Lipinski definition) is 1. The highest BCUT2D eigenvalue weighted by Gasteiger charge is 2.18. The predicted molar refractivity (Wildman–Crippen MR) is 84.1 cm³/mol. The lowest BCUT2D eigenvalue weighted by atomic mass is 9.94. The minimum atomic E-state index is 0.855. The van der Waals surface area contributed by atoms with E-state index in [0.717, 1.165) is 24.0 Å². The summed E-state index contributed by atoms with van der Waals surface area (Å²) in [6.45, 7) is 8.58. The largest absolute Gasteiger partial charge is 0.371 e. The van der Waals surface area contributed by atoms with Crippen LogP contribution in [0.4, 0.5) is 5.69 Å². The van der Waals surface area contributed by atoms with Gasteiger partial charge >= 0.3 is 0 Å². The molecule has 2 nitrogen and oxygen atoms in total. The second-order valence-corrected chi connectivity index (χ2v) is 5.80. The predicted octanol–water partition coefficient (Wildman–Crippen LogP) is 4.08. The number of halogens is 1. The Morgan fingerprint density at radius 2 is 2.00 bits per heavy atom. The fraction of sp³-hybridized carbons (Fsp3) is 0.625. The van der Waals surface area contributed by atoms with Crippen LogP contribution in [0.5, 0.6) is 0 Å². The molecule has 0 aliphatic carbocycles. The van der Waals surface area contributed by atoms with Crippen LogP contribution in [0.1, 0.15) is 38.7 Å². The second kappa shape index (κ2) is 7.16. The minimum absolute atomic E-state index is 0.855. The Balaban J connectivity index is 1.99. The quantitative estimate of drug-likeness (QED) is 0.874. The Kier molecular flexibility index (Phi) is 5.53. The van der Waals surface area contributed by atoms with Gasteiger partial charge in [0, 0.05) is 30.3 Å². The molecule has 3 heteroatoms. The molecular formula is C16H25ClN2. The van der Waals surface area contributed by atoms with Crippen LogP contribution in [-0.2, 0) is 6.54 Å². The molecule has 2 rings (SSSR count). The van der Waals surface area contributed by atoms with Gasteiger partial charge in [0.2, 0.25) is 0 Å². The van der Waals surface area contributed by atoms with Gasteiger partial charge in [-0.15, -0.1) is 0 Å². The SMILES string of the molecule is CCNCc1ccc(N2CCC(CC)CC2)cc1Cl. The lowest BCUT2D eigenvalue weighted by molar-refractivity contribution is 0.395. The van der Waals surface area contributed by atoms with Gasteiger partial charge in [-0.2, -0.15) is 0 Å². The Bertz CT molecular complexity index is 398. The number of rotatable bonds is 5. The molecule has 1 saturated heterocycles.